The molecule has 1 heterocycles. The molecule has 1 aliphatic heterocycles. The lowest BCUT2D eigenvalue weighted by molar-refractivity contribution is -0.137. The van der Waals surface area contributed by atoms with Crippen LogP contribution in [0.3, 0.4) is 0 Å². The van der Waals surface area contributed by atoms with Crippen LogP contribution in [-0.4, -0.2) is 42.6 Å². The summed E-state index contributed by atoms with van der Waals surface area (Å²) >= 11 is 0. The zero-order valence-corrected chi connectivity index (χ0v) is 14.1. The van der Waals surface area contributed by atoms with E-state index >= 15 is 0 Å². The van der Waals surface area contributed by atoms with Crippen molar-refractivity contribution in [3.8, 4) is 0 Å². The first kappa shape index (κ1) is 18.6. The molecule has 1 aliphatic rings. The molecule has 0 spiro atoms. The van der Waals surface area contributed by atoms with Gasteiger partial charge in [-0.3, -0.25) is 0 Å². The summed E-state index contributed by atoms with van der Waals surface area (Å²) in [7, 11) is 2.11. The Morgan fingerprint density at radius 1 is 1.05 bits per heavy atom. The Labute approximate surface area is 135 Å². The van der Waals surface area contributed by atoms with Crippen molar-refractivity contribution in [2.45, 2.75) is 57.8 Å². The van der Waals surface area contributed by atoms with E-state index in [2.05, 4.69) is 35.8 Å². The van der Waals surface area contributed by atoms with E-state index in [1.165, 1.54) is 57.6 Å². The molecule has 0 aliphatic carbocycles. The van der Waals surface area contributed by atoms with E-state index in [-0.39, 0.29) is 5.97 Å². The second-order valence-corrected chi connectivity index (χ2v) is 6.06. The highest BCUT2D eigenvalue weighted by molar-refractivity contribution is 5.81. The van der Waals surface area contributed by atoms with Crippen molar-refractivity contribution in [3.05, 3.63) is 25.1 Å². The van der Waals surface area contributed by atoms with Crippen molar-refractivity contribution in [2.75, 3.05) is 26.9 Å². The molecule has 0 atom stereocenters. The fourth-order valence-corrected chi connectivity index (χ4v) is 2.62. The molecule has 0 unspecified atom stereocenters. The van der Waals surface area contributed by atoms with Gasteiger partial charge in [0.15, 0.2) is 0 Å². The molecule has 22 heavy (non-hydrogen) atoms. The average molecular weight is 308 g/mol. The van der Waals surface area contributed by atoms with Crippen molar-refractivity contribution in [1.82, 2.24) is 9.80 Å². The van der Waals surface area contributed by atoms with Crippen molar-refractivity contribution >= 4 is 5.97 Å². The molecule has 4 heteroatoms. The zero-order chi connectivity index (χ0) is 16.0. The van der Waals surface area contributed by atoms with E-state index in [1.807, 2.05) is 0 Å². The van der Waals surface area contributed by atoms with Crippen molar-refractivity contribution in [3.63, 3.8) is 0 Å². The summed E-state index contributed by atoms with van der Waals surface area (Å²) in [5.74, 6) is -0.309. The van der Waals surface area contributed by atoms with Gasteiger partial charge in [0.2, 0.25) is 0 Å². The van der Waals surface area contributed by atoms with Gasteiger partial charge in [-0.25, -0.2) is 4.79 Å². The molecule has 0 amide bonds. The smallest absolute Gasteiger partial charge is 0.330 e. The quantitative estimate of drug-likeness (QED) is 0.293. The third kappa shape index (κ3) is 9.48. The van der Waals surface area contributed by atoms with E-state index in [0.717, 1.165) is 19.5 Å². The van der Waals surface area contributed by atoms with Crippen LogP contribution in [-0.2, 0) is 9.53 Å². The molecule has 0 aromatic heterocycles. The maximum absolute atomic E-state index is 10.8. The van der Waals surface area contributed by atoms with Crippen LogP contribution in [0.2, 0.25) is 0 Å². The maximum Gasteiger partial charge on any atom is 0.330 e. The molecule has 0 bridgehead atoms. The Bertz CT molecular complexity index is 342. The monoisotopic (exact) mass is 308 g/mol. The lowest BCUT2D eigenvalue weighted by Gasteiger charge is -2.17. The first-order valence-electron chi connectivity index (χ1n) is 8.64. The van der Waals surface area contributed by atoms with E-state index in [4.69, 9.17) is 4.74 Å². The summed E-state index contributed by atoms with van der Waals surface area (Å²) in [6.07, 6.45) is 16.9. The molecular formula is C18H32N2O2. The predicted molar refractivity (Wildman–Crippen MR) is 91.2 cm³/mol. The van der Waals surface area contributed by atoms with Gasteiger partial charge in [-0.15, -0.1) is 0 Å². The lowest BCUT2D eigenvalue weighted by Crippen LogP contribution is -2.23. The number of hydrogen-bond donors (Lipinski definition) is 0. The van der Waals surface area contributed by atoms with Crippen molar-refractivity contribution < 1.29 is 9.53 Å². The minimum absolute atomic E-state index is 0.309. The number of nitrogens with zero attached hydrogens (tertiary/aromatic N) is 2. The Hall–Kier alpha value is -1.45. The Morgan fingerprint density at radius 2 is 1.64 bits per heavy atom. The highest BCUT2D eigenvalue weighted by atomic mass is 16.5. The molecule has 4 nitrogen and oxygen atoms in total. The van der Waals surface area contributed by atoms with Gasteiger partial charge in [0.1, 0.15) is 0 Å². The summed E-state index contributed by atoms with van der Waals surface area (Å²) in [4.78, 5) is 15.4. The third-order valence-electron chi connectivity index (χ3n) is 3.94. The van der Waals surface area contributed by atoms with Crippen LogP contribution in [0.15, 0.2) is 25.1 Å². The average Bonchev–Trinajstić information content (AvgIpc) is 2.93. The number of carbonyl (C=O) groups excluding carboxylic acids is 1. The zero-order valence-electron chi connectivity index (χ0n) is 14.1. The molecule has 0 saturated heterocycles. The van der Waals surface area contributed by atoms with E-state index < -0.39 is 0 Å². The van der Waals surface area contributed by atoms with Gasteiger partial charge in [-0.1, -0.05) is 51.5 Å². The minimum atomic E-state index is -0.309. The summed E-state index contributed by atoms with van der Waals surface area (Å²) in [5.41, 5.74) is 0. The normalized spacial score (nSPS) is 13.7. The van der Waals surface area contributed by atoms with Gasteiger partial charge in [0.25, 0.3) is 0 Å². The maximum atomic E-state index is 10.8. The number of hydrogen-bond acceptors (Lipinski definition) is 4. The summed E-state index contributed by atoms with van der Waals surface area (Å²) in [6, 6.07) is 0. The van der Waals surface area contributed by atoms with Gasteiger partial charge in [-0.05, 0) is 12.8 Å². The summed E-state index contributed by atoms with van der Waals surface area (Å²) in [6.45, 7) is 6.13. The minimum Gasteiger partial charge on any atom is -0.463 e. The second kappa shape index (κ2) is 12.1. The van der Waals surface area contributed by atoms with Gasteiger partial charge in [-0.2, -0.15) is 0 Å². The van der Waals surface area contributed by atoms with Crippen molar-refractivity contribution in [1.29, 1.82) is 0 Å². The summed E-state index contributed by atoms with van der Waals surface area (Å²) < 4.78 is 4.94. The Balaban J connectivity index is 1.74. The van der Waals surface area contributed by atoms with Crippen LogP contribution >= 0.6 is 0 Å². The van der Waals surface area contributed by atoms with Gasteiger partial charge in [0.05, 0.1) is 13.3 Å². The predicted octanol–water partition coefficient (Wildman–Crippen LogP) is 3.90. The highest BCUT2D eigenvalue weighted by Crippen LogP contribution is 2.11. The molecule has 0 radical (unpaired) electrons. The molecule has 0 fully saturated rings. The molecule has 0 saturated carbocycles. The molecule has 0 aromatic rings. The number of rotatable bonds is 13. The summed E-state index contributed by atoms with van der Waals surface area (Å²) in [5, 5.41) is 0. The van der Waals surface area contributed by atoms with Gasteiger partial charge >= 0.3 is 5.97 Å². The molecular weight excluding hydrogens is 276 g/mol. The fraction of sp³-hybridized carbons (Fsp3) is 0.722. The van der Waals surface area contributed by atoms with Crippen LogP contribution in [0.1, 0.15) is 57.8 Å². The van der Waals surface area contributed by atoms with Crippen molar-refractivity contribution in [2.24, 2.45) is 0 Å². The van der Waals surface area contributed by atoms with Crippen LogP contribution < -0.4 is 0 Å². The Kier molecular flexibility index (Phi) is 10.3. The van der Waals surface area contributed by atoms with Crippen LogP contribution in [0.25, 0.3) is 0 Å². The number of ether oxygens (including phenoxy) is 1. The van der Waals surface area contributed by atoms with Gasteiger partial charge < -0.3 is 14.5 Å². The number of carbonyl (C=O) groups is 1. The standard InChI is InChI=1S/C18H32N2O2/c1-3-18(21)22-16-12-10-8-6-4-5-7-9-11-13-20-15-14-19(2)17-20/h3,14-15H,1,4-13,16-17H2,2H3. The van der Waals surface area contributed by atoms with E-state index in [1.54, 1.807) is 0 Å². The van der Waals surface area contributed by atoms with Crippen LogP contribution in [0.4, 0.5) is 0 Å². The number of unbranched alkanes of at least 4 members (excludes halogenated alkanes) is 8. The Morgan fingerprint density at radius 3 is 2.18 bits per heavy atom. The highest BCUT2D eigenvalue weighted by Gasteiger charge is 2.06. The van der Waals surface area contributed by atoms with Crippen LogP contribution in [0.5, 0.6) is 0 Å². The first-order valence-corrected chi connectivity index (χ1v) is 8.64. The SMILES string of the molecule is C=CC(=O)OCCCCCCCCCCCN1C=CN(C)C1. The fourth-order valence-electron chi connectivity index (χ4n) is 2.62. The molecule has 1 rings (SSSR count). The second-order valence-electron chi connectivity index (χ2n) is 6.06. The lowest BCUT2D eigenvalue weighted by atomic mass is 10.1. The van der Waals surface area contributed by atoms with Crippen LogP contribution in [0, 0.1) is 0 Å². The molecule has 126 valence electrons. The van der Waals surface area contributed by atoms with E-state index in [9.17, 15) is 4.79 Å². The van der Waals surface area contributed by atoms with E-state index in [0.29, 0.717) is 6.61 Å². The molecule has 0 aromatic carbocycles. The number of esters is 1. The third-order valence-corrected chi connectivity index (χ3v) is 3.94. The largest absolute Gasteiger partial charge is 0.463 e. The first-order chi connectivity index (χ1) is 10.7. The van der Waals surface area contributed by atoms with Gasteiger partial charge in [0, 0.05) is 32.1 Å². The topological polar surface area (TPSA) is 32.8 Å². The molecule has 0 N–H and O–H groups in total.